The monoisotopic (exact) mass is 481 g/mol. The number of nitrogens with zero attached hydrogens (tertiary/aromatic N) is 2. The van der Waals surface area contributed by atoms with Crippen LogP contribution in [0.3, 0.4) is 0 Å². The number of likely N-dealkylation sites (tertiary alicyclic amines) is 1. The number of fused-ring (bicyclic) bond motifs is 1. The predicted molar refractivity (Wildman–Crippen MR) is 142 cm³/mol. The zero-order valence-corrected chi connectivity index (χ0v) is 21.0. The van der Waals surface area contributed by atoms with Crippen molar-refractivity contribution in [3.63, 3.8) is 0 Å². The van der Waals surface area contributed by atoms with E-state index in [0.29, 0.717) is 42.1 Å². The lowest BCUT2D eigenvalue weighted by Gasteiger charge is -2.31. The van der Waals surface area contributed by atoms with Gasteiger partial charge in [-0.05, 0) is 81.5 Å². The quantitative estimate of drug-likeness (QED) is 0.363. The van der Waals surface area contributed by atoms with Crippen LogP contribution in [0.2, 0.25) is 0 Å². The molecule has 184 valence electrons. The van der Waals surface area contributed by atoms with Crippen molar-refractivity contribution in [1.29, 1.82) is 0 Å². The topological polar surface area (TPSA) is 75.4 Å². The number of carbonyl (C=O) groups is 2. The Morgan fingerprint density at radius 2 is 1.67 bits per heavy atom. The second kappa shape index (κ2) is 9.97. The lowest BCUT2D eigenvalue weighted by Crippen LogP contribution is -2.39. The van der Waals surface area contributed by atoms with Crippen LogP contribution in [0.25, 0.3) is 22.6 Å². The molecule has 36 heavy (non-hydrogen) atoms. The third-order valence-electron chi connectivity index (χ3n) is 6.96. The van der Waals surface area contributed by atoms with E-state index in [1.165, 1.54) is 11.1 Å². The Bertz CT molecular complexity index is 1410. The second-order valence-electron chi connectivity index (χ2n) is 9.87. The minimum absolute atomic E-state index is 0.00466. The van der Waals surface area contributed by atoms with E-state index in [9.17, 15) is 9.59 Å². The Balaban J connectivity index is 1.18. The van der Waals surface area contributed by atoms with Crippen molar-refractivity contribution in [1.82, 2.24) is 9.88 Å². The first kappa shape index (κ1) is 23.8. The van der Waals surface area contributed by atoms with Gasteiger partial charge < -0.3 is 14.6 Å². The molecule has 2 amide bonds. The molecular formula is C30H31N3O3. The van der Waals surface area contributed by atoms with E-state index in [-0.39, 0.29) is 17.7 Å². The van der Waals surface area contributed by atoms with Crippen LogP contribution in [-0.2, 0) is 4.79 Å². The summed E-state index contributed by atoms with van der Waals surface area (Å²) in [7, 11) is 0. The number of nitrogens with one attached hydrogen (secondary N) is 1. The number of benzene rings is 3. The molecule has 1 fully saturated rings. The highest BCUT2D eigenvalue weighted by molar-refractivity contribution is 5.97. The molecule has 4 aromatic rings. The molecule has 1 aliphatic heterocycles. The van der Waals surface area contributed by atoms with E-state index >= 15 is 0 Å². The van der Waals surface area contributed by atoms with Gasteiger partial charge in [0, 0.05) is 36.3 Å². The maximum absolute atomic E-state index is 13.2. The molecule has 0 radical (unpaired) electrons. The molecule has 2 heterocycles. The summed E-state index contributed by atoms with van der Waals surface area (Å²) in [4.78, 5) is 32.3. The van der Waals surface area contributed by atoms with Crippen LogP contribution in [0.5, 0.6) is 0 Å². The van der Waals surface area contributed by atoms with Gasteiger partial charge in [0.05, 0.1) is 0 Å². The van der Waals surface area contributed by atoms with Crippen LogP contribution in [0, 0.1) is 26.7 Å². The minimum Gasteiger partial charge on any atom is -0.436 e. The summed E-state index contributed by atoms with van der Waals surface area (Å²) in [6.45, 7) is 7.38. The minimum atomic E-state index is -0.00466. The number of oxazole rings is 1. The number of aryl methyl sites for hydroxylation is 3. The molecule has 1 aliphatic rings. The first-order chi connectivity index (χ1) is 17.4. The fourth-order valence-corrected chi connectivity index (χ4v) is 4.82. The number of amides is 2. The predicted octanol–water partition coefficient (Wildman–Crippen LogP) is 6.30. The van der Waals surface area contributed by atoms with Crippen molar-refractivity contribution in [3.8, 4) is 11.5 Å². The Morgan fingerprint density at radius 3 is 2.39 bits per heavy atom. The number of hydrogen-bond acceptors (Lipinski definition) is 4. The third-order valence-corrected chi connectivity index (χ3v) is 6.96. The fourth-order valence-electron chi connectivity index (χ4n) is 4.82. The highest BCUT2D eigenvalue weighted by Crippen LogP contribution is 2.27. The van der Waals surface area contributed by atoms with Gasteiger partial charge in [-0.15, -0.1) is 0 Å². The van der Waals surface area contributed by atoms with E-state index in [4.69, 9.17) is 4.42 Å². The van der Waals surface area contributed by atoms with Gasteiger partial charge in [0.2, 0.25) is 11.8 Å². The molecule has 1 aromatic heterocycles. The number of rotatable bonds is 5. The summed E-state index contributed by atoms with van der Waals surface area (Å²) in [5, 5.41) is 3.04. The van der Waals surface area contributed by atoms with Crippen molar-refractivity contribution >= 4 is 28.6 Å². The fraction of sp³-hybridized carbons (Fsp3) is 0.300. The molecule has 6 heteroatoms. The lowest BCUT2D eigenvalue weighted by molar-refractivity contribution is -0.117. The van der Waals surface area contributed by atoms with E-state index in [2.05, 4.69) is 16.4 Å². The van der Waals surface area contributed by atoms with E-state index < -0.39 is 0 Å². The van der Waals surface area contributed by atoms with E-state index in [0.717, 1.165) is 29.7 Å². The summed E-state index contributed by atoms with van der Waals surface area (Å²) < 4.78 is 5.91. The van der Waals surface area contributed by atoms with Gasteiger partial charge in [-0.2, -0.15) is 0 Å². The molecule has 0 spiro atoms. The number of aromatic nitrogens is 1. The maximum Gasteiger partial charge on any atom is 0.253 e. The van der Waals surface area contributed by atoms with Crippen molar-refractivity contribution in [2.24, 2.45) is 5.92 Å². The van der Waals surface area contributed by atoms with Gasteiger partial charge in [-0.1, -0.05) is 35.4 Å². The Labute approximate surface area is 211 Å². The summed E-state index contributed by atoms with van der Waals surface area (Å²) in [6.07, 6.45) is 2.10. The molecule has 6 nitrogen and oxygen atoms in total. The standard InChI is InChI=1S/C30H31N3O3/c1-19-4-7-23(8-5-19)29-32-26-18-24(9-11-27(26)36-29)30(35)33-14-12-22(13-15-33)17-28(34)31-25-10-6-20(2)16-21(25)3/h4-11,16,18,22H,12-15,17H2,1-3H3,(H,31,34). The van der Waals surface area contributed by atoms with Gasteiger partial charge in [0.15, 0.2) is 5.58 Å². The van der Waals surface area contributed by atoms with Gasteiger partial charge in [0.1, 0.15) is 5.52 Å². The Hall–Kier alpha value is -3.93. The average molecular weight is 482 g/mol. The third kappa shape index (κ3) is 5.18. The lowest BCUT2D eigenvalue weighted by atomic mass is 9.92. The van der Waals surface area contributed by atoms with Gasteiger partial charge >= 0.3 is 0 Å². The SMILES string of the molecule is Cc1ccc(-c2nc3cc(C(=O)N4CCC(CC(=O)Nc5ccc(C)cc5C)CC4)ccc3o2)cc1. The number of piperidine rings is 1. The molecule has 0 atom stereocenters. The Kier molecular flexibility index (Phi) is 6.59. The van der Waals surface area contributed by atoms with Crippen LogP contribution in [0.1, 0.15) is 46.3 Å². The van der Waals surface area contributed by atoms with Crippen LogP contribution in [-0.4, -0.2) is 34.8 Å². The summed E-state index contributed by atoms with van der Waals surface area (Å²) >= 11 is 0. The molecule has 0 bridgehead atoms. The van der Waals surface area contributed by atoms with E-state index in [1.54, 1.807) is 6.07 Å². The normalized spacial score (nSPS) is 14.2. The molecule has 5 rings (SSSR count). The number of carbonyl (C=O) groups excluding carboxylic acids is 2. The Morgan fingerprint density at radius 1 is 0.944 bits per heavy atom. The molecule has 0 unspecified atom stereocenters. The van der Waals surface area contributed by atoms with Crippen LogP contribution < -0.4 is 5.32 Å². The molecule has 1 N–H and O–H groups in total. The zero-order valence-electron chi connectivity index (χ0n) is 21.0. The first-order valence-corrected chi connectivity index (χ1v) is 12.5. The number of anilines is 1. The summed E-state index contributed by atoms with van der Waals surface area (Å²) in [5.41, 5.74) is 7.15. The summed E-state index contributed by atoms with van der Waals surface area (Å²) in [5.74, 6) is 0.854. The zero-order chi connectivity index (χ0) is 25.2. The smallest absolute Gasteiger partial charge is 0.253 e. The van der Waals surface area contributed by atoms with Crippen LogP contribution >= 0.6 is 0 Å². The first-order valence-electron chi connectivity index (χ1n) is 12.5. The van der Waals surface area contributed by atoms with Crippen molar-refractivity contribution < 1.29 is 14.0 Å². The van der Waals surface area contributed by atoms with Crippen molar-refractivity contribution in [2.45, 2.75) is 40.0 Å². The number of hydrogen-bond donors (Lipinski definition) is 1. The molecular weight excluding hydrogens is 450 g/mol. The second-order valence-corrected chi connectivity index (χ2v) is 9.87. The van der Waals surface area contributed by atoms with Crippen LogP contribution in [0.15, 0.2) is 65.1 Å². The average Bonchev–Trinajstić information content (AvgIpc) is 3.30. The molecule has 0 aliphatic carbocycles. The molecule has 1 saturated heterocycles. The highest BCUT2D eigenvalue weighted by Gasteiger charge is 2.26. The summed E-state index contributed by atoms with van der Waals surface area (Å²) in [6, 6.07) is 19.5. The highest BCUT2D eigenvalue weighted by atomic mass is 16.3. The van der Waals surface area contributed by atoms with Gasteiger partial charge in [-0.3, -0.25) is 9.59 Å². The van der Waals surface area contributed by atoms with Crippen LogP contribution in [0.4, 0.5) is 5.69 Å². The maximum atomic E-state index is 13.2. The molecule has 3 aromatic carbocycles. The van der Waals surface area contributed by atoms with Gasteiger partial charge in [0.25, 0.3) is 5.91 Å². The van der Waals surface area contributed by atoms with E-state index in [1.807, 2.05) is 74.2 Å². The van der Waals surface area contributed by atoms with Crippen molar-refractivity contribution in [3.05, 3.63) is 82.9 Å². The molecule has 0 saturated carbocycles. The van der Waals surface area contributed by atoms with Gasteiger partial charge in [-0.25, -0.2) is 4.98 Å². The largest absolute Gasteiger partial charge is 0.436 e. The van der Waals surface area contributed by atoms with Crippen molar-refractivity contribution in [2.75, 3.05) is 18.4 Å².